The Labute approximate surface area is 86.5 Å². The van der Waals surface area contributed by atoms with E-state index in [-0.39, 0.29) is 6.04 Å². The van der Waals surface area contributed by atoms with Crippen LogP contribution in [0.3, 0.4) is 0 Å². The van der Waals surface area contributed by atoms with Crippen molar-refractivity contribution in [2.24, 2.45) is 17.6 Å². The van der Waals surface area contributed by atoms with E-state index in [4.69, 9.17) is 5.73 Å². The van der Waals surface area contributed by atoms with E-state index in [1.807, 2.05) is 25.1 Å². The average Bonchev–Trinajstić information content (AvgIpc) is 2.15. The monoisotopic (exact) mass is 192 g/mol. The zero-order valence-electron chi connectivity index (χ0n) is 9.49. The van der Waals surface area contributed by atoms with E-state index in [9.17, 15) is 0 Å². The van der Waals surface area contributed by atoms with Crippen LogP contribution >= 0.6 is 0 Å². The van der Waals surface area contributed by atoms with E-state index in [1.165, 1.54) is 0 Å². The van der Waals surface area contributed by atoms with Crippen molar-refractivity contribution in [2.75, 3.05) is 0 Å². The Morgan fingerprint density at radius 1 is 1.21 bits per heavy atom. The maximum absolute atomic E-state index is 6.15. The number of hydrogen-bond acceptors (Lipinski definition) is 2. The molecule has 0 radical (unpaired) electrons. The molecule has 2 unspecified atom stereocenters. The highest BCUT2D eigenvalue weighted by atomic mass is 14.8. The first-order chi connectivity index (χ1) is 6.52. The molecule has 0 saturated heterocycles. The minimum Gasteiger partial charge on any atom is -0.322 e. The van der Waals surface area contributed by atoms with Gasteiger partial charge in [-0.1, -0.05) is 26.8 Å². The Bertz CT molecular complexity index is 294. The van der Waals surface area contributed by atoms with Crippen molar-refractivity contribution in [1.29, 1.82) is 0 Å². The van der Waals surface area contributed by atoms with Gasteiger partial charge in [0.05, 0.1) is 5.69 Å². The molecule has 14 heavy (non-hydrogen) atoms. The van der Waals surface area contributed by atoms with Crippen LogP contribution in [-0.4, -0.2) is 4.98 Å². The van der Waals surface area contributed by atoms with Crippen molar-refractivity contribution in [3.63, 3.8) is 0 Å². The third kappa shape index (κ3) is 2.55. The van der Waals surface area contributed by atoms with Gasteiger partial charge in [0.25, 0.3) is 0 Å². The summed E-state index contributed by atoms with van der Waals surface area (Å²) in [6, 6.07) is 6.08. The summed E-state index contributed by atoms with van der Waals surface area (Å²) in [5.41, 5.74) is 8.19. The zero-order chi connectivity index (χ0) is 10.7. The first-order valence-corrected chi connectivity index (χ1v) is 5.21. The molecule has 0 aliphatic carbocycles. The Morgan fingerprint density at radius 2 is 1.86 bits per heavy atom. The van der Waals surface area contributed by atoms with Crippen molar-refractivity contribution in [3.05, 3.63) is 29.6 Å². The summed E-state index contributed by atoms with van der Waals surface area (Å²) in [6.07, 6.45) is 0. The van der Waals surface area contributed by atoms with Gasteiger partial charge in [0.1, 0.15) is 0 Å². The van der Waals surface area contributed by atoms with Gasteiger partial charge < -0.3 is 5.73 Å². The standard InChI is InChI=1S/C12H20N2/c1-8(2)10(4)12(13)11-7-5-6-9(3)14-11/h5-8,10,12H,13H2,1-4H3. The van der Waals surface area contributed by atoms with Gasteiger partial charge in [0.2, 0.25) is 0 Å². The molecule has 0 amide bonds. The van der Waals surface area contributed by atoms with Crippen molar-refractivity contribution in [1.82, 2.24) is 4.98 Å². The van der Waals surface area contributed by atoms with Crippen LogP contribution in [0.5, 0.6) is 0 Å². The van der Waals surface area contributed by atoms with Crippen LogP contribution in [0.2, 0.25) is 0 Å². The summed E-state index contributed by atoms with van der Waals surface area (Å²) in [6.45, 7) is 8.57. The smallest absolute Gasteiger partial charge is 0.0577 e. The molecule has 78 valence electrons. The fourth-order valence-electron chi connectivity index (χ4n) is 1.43. The minimum absolute atomic E-state index is 0.0508. The maximum Gasteiger partial charge on any atom is 0.0577 e. The van der Waals surface area contributed by atoms with E-state index in [0.717, 1.165) is 11.4 Å². The molecular formula is C12H20N2. The highest BCUT2D eigenvalue weighted by molar-refractivity contribution is 5.13. The Hall–Kier alpha value is -0.890. The Kier molecular flexibility index (Phi) is 3.64. The minimum atomic E-state index is 0.0508. The van der Waals surface area contributed by atoms with Crippen LogP contribution in [0.4, 0.5) is 0 Å². The van der Waals surface area contributed by atoms with Crippen molar-refractivity contribution in [3.8, 4) is 0 Å². The largest absolute Gasteiger partial charge is 0.322 e. The predicted molar refractivity (Wildman–Crippen MR) is 59.9 cm³/mol. The molecule has 2 nitrogen and oxygen atoms in total. The summed E-state index contributed by atoms with van der Waals surface area (Å²) in [5.74, 6) is 1.05. The second-order valence-corrected chi connectivity index (χ2v) is 4.33. The molecule has 2 heteroatoms. The Morgan fingerprint density at radius 3 is 2.36 bits per heavy atom. The molecule has 1 aromatic heterocycles. The highest BCUT2D eigenvalue weighted by Gasteiger charge is 2.18. The maximum atomic E-state index is 6.15. The Balaban J connectivity index is 2.83. The van der Waals surface area contributed by atoms with Gasteiger partial charge in [-0.15, -0.1) is 0 Å². The molecular weight excluding hydrogens is 172 g/mol. The lowest BCUT2D eigenvalue weighted by Crippen LogP contribution is -2.24. The van der Waals surface area contributed by atoms with Crippen molar-refractivity contribution in [2.45, 2.75) is 33.7 Å². The molecule has 0 fully saturated rings. The number of nitrogens with two attached hydrogens (primary N) is 1. The van der Waals surface area contributed by atoms with Crippen LogP contribution in [-0.2, 0) is 0 Å². The molecule has 1 aromatic rings. The molecule has 1 rings (SSSR count). The third-order valence-electron chi connectivity index (χ3n) is 2.87. The number of hydrogen-bond donors (Lipinski definition) is 1. The van der Waals surface area contributed by atoms with Gasteiger partial charge in [-0.25, -0.2) is 0 Å². The number of rotatable bonds is 3. The van der Waals surface area contributed by atoms with Gasteiger partial charge in [0, 0.05) is 11.7 Å². The van der Waals surface area contributed by atoms with Crippen LogP contribution < -0.4 is 5.73 Å². The zero-order valence-corrected chi connectivity index (χ0v) is 9.49. The van der Waals surface area contributed by atoms with Gasteiger partial charge in [-0.2, -0.15) is 0 Å². The van der Waals surface area contributed by atoms with E-state index in [0.29, 0.717) is 11.8 Å². The number of nitrogens with zero attached hydrogens (tertiary/aromatic N) is 1. The first-order valence-electron chi connectivity index (χ1n) is 5.21. The average molecular weight is 192 g/mol. The molecule has 0 aliphatic rings. The molecule has 0 bridgehead atoms. The molecule has 0 aliphatic heterocycles. The van der Waals surface area contributed by atoms with Crippen molar-refractivity contribution >= 4 is 0 Å². The first kappa shape index (κ1) is 11.2. The van der Waals surface area contributed by atoms with E-state index in [1.54, 1.807) is 0 Å². The van der Waals surface area contributed by atoms with Crippen LogP contribution in [0, 0.1) is 18.8 Å². The summed E-state index contributed by atoms with van der Waals surface area (Å²) in [7, 11) is 0. The van der Waals surface area contributed by atoms with E-state index in [2.05, 4.69) is 25.8 Å². The summed E-state index contributed by atoms with van der Waals surface area (Å²) >= 11 is 0. The number of aromatic nitrogens is 1. The van der Waals surface area contributed by atoms with Crippen LogP contribution in [0.15, 0.2) is 18.2 Å². The SMILES string of the molecule is Cc1cccc(C(N)C(C)C(C)C)n1. The lowest BCUT2D eigenvalue weighted by Gasteiger charge is -2.22. The molecule has 0 saturated carbocycles. The normalized spacial score (nSPS) is 15.6. The van der Waals surface area contributed by atoms with Crippen molar-refractivity contribution < 1.29 is 0 Å². The summed E-state index contributed by atoms with van der Waals surface area (Å²) < 4.78 is 0. The molecule has 1 heterocycles. The fourth-order valence-corrected chi connectivity index (χ4v) is 1.43. The van der Waals surface area contributed by atoms with Gasteiger partial charge in [-0.05, 0) is 30.9 Å². The van der Waals surface area contributed by atoms with Gasteiger partial charge in [0.15, 0.2) is 0 Å². The third-order valence-corrected chi connectivity index (χ3v) is 2.87. The second-order valence-electron chi connectivity index (χ2n) is 4.33. The molecule has 2 atom stereocenters. The molecule has 0 aromatic carbocycles. The highest BCUT2D eigenvalue weighted by Crippen LogP contribution is 2.23. The van der Waals surface area contributed by atoms with E-state index < -0.39 is 0 Å². The molecule has 2 N–H and O–H groups in total. The lowest BCUT2D eigenvalue weighted by atomic mass is 9.89. The number of pyridine rings is 1. The second kappa shape index (κ2) is 4.56. The van der Waals surface area contributed by atoms with Gasteiger partial charge >= 0.3 is 0 Å². The number of aryl methyl sites for hydroxylation is 1. The van der Waals surface area contributed by atoms with Crippen LogP contribution in [0.25, 0.3) is 0 Å². The summed E-state index contributed by atoms with van der Waals surface area (Å²) in [4.78, 5) is 4.45. The van der Waals surface area contributed by atoms with Crippen LogP contribution in [0.1, 0.15) is 38.2 Å². The molecule has 0 spiro atoms. The topological polar surface area (TPSA) is 38.9 Å². The quantitative estimate of drug-likeness (QED) is 0.799. The summed E-state index contributed by atoms with van der Waals surface area (Å²) in [5, 5.41) is 0. The lowest BCUT2D eigenvalue weighted by molar-refractivity contribution is 0.347. The van der Waals surface area contributed by atoms with Gasteiger partial charge in [-0.3, -0.25) is 4.98 Å². The fraction of sp³-hybridized carbons (Fsp3) is 0.583. The predicted octanol–water partition coefficient (Wildman–Crippen LogP) is 2.68. The van der Waals surface area contributed by atoms with E-state index >= 15 is 0 Å².